The summed E-state index contributed by atoms with van der Waals surface area (Å²) in [5.74, 6) is -1.47. The molecule has 0 aliphatic heterocycles. The summed E-state index contributed by atoms with van der Waals surface area (Å²) >= 11 is 0. The number of carbonyl (C=O) groups is 4. The highest BCUT2D eigenvalue weighted by Crippen LogP contribution is 2.45. The van der Waals surface area contributed by atoms with Crippen LogP contribution in [-0.4, -0.2) is 96.7 Å². The minimum Gasteiger partial charge on any atom is -0.462 e. The van der Waals surface area contributed by atoms with Crippen molar-refractivity contribution in [3.05, 3.63) is 0 Å². The van der Waals surface area contributed by atoms with Gasteiger partial charge in [0.1, 0.15) is 19.3 Å². The molecule has 0 amide bonds. The minimum absolute atomic E-state index is 0.105. The first-order valence-corrected chi connectivity index (χ1v) is 33.6. The first kappa shape index (κ1) is 75.1. The van der Waals surface area contributed by atoms with E-state index in [4.69, 9.17) is 37.0 Å². The second kappa shape index (κ2) is 52.2. The van der Waals surface area contributed by atoms with Crippen molar-refractivity contribution in [3.63, 3.8) is 0 Å². The van der Waals surface area contributed by atoms with Gasteiger partial charge in [0.15, 0.2) is 12.2 Å². The molecule has 0 spiro atoms. The summed E-state index contributed by atoms with van der Waals surface area (Å²) in [4.78, 5) is 71.7. The Morgan fingerprint density at radius 2 is 0.597 bits per heavy atom. The third-order valence-corrected chi connectivity index (χ3v) is 15.2. The molecule has 17 nitrogen and oxygen atoms in total. The quantitative estimate of drug-likeness (QED) is 0.0222. The van der Waals surface area contributed by atoms with Gasteiger partial charge in [-0.3, -0.25) is 37.3 Å². The SMILES string of the molecule is CCCCCCCCCCCCCCC(=O)O[C@H](COC(=O)CCCCCCCCC(C)C)COP(=O)(O)OC[C@@H](O)COP(=O)(O)OC[C@@H](COC(=O)CCCCCCCCCC)OC(=O)CCCCCCCCCC. The number of esters is 4. The zero-order chi connectivity index (χ0) is 57.1. The highest BCUT2D eigenvalue weighted by atomic mass is 31.2. The van der Waals surface area contributed by atoms with Crippen LogP contribution in [0, 0.1) is 5.92 Å². The van der Waals surface area contributed by atoms with Crippen molar-refractivity contribution >= 4 is 39.5 Å². The van der Waals surface area contributed by atoms with Crippen LogP contribution in [0.5, 0.6) is 0 Å². The molecular formula is C58H112O17P2. The normalized spacial score (nSPS) is 14.4. The van der Waals surface area contributed by atoms with Crippen molar-refractivity contribution in [2.75, 3.05) is 39.6 Å². The predicted molar refractivity (Wildman–Crippen MR) is 303 cm³/mol. The van der Waals surface area contributed by atoms with Crippen LogP contribution in [0.25, 0.3) is 0 Å². The average Bonchev–Trinajstić information content (AvgIpc) is 3.39. The Morgan fingerprint density at radius 3 is 0.883 bits per heavy atom. The molecule has 2 unspecified atom stereocenters. The molecule has 3 N–H and O–H groups in total. The summed E-state index contributed by atoms with van der Waals surface area (Å²) in [6, 6.07) is 0. The van der Waals surface area contributed by atoms with E-state index >= 15 is 0 Å². The monoisotopic (exact) mass is 1140 g/mol. The van der Waals surface area contributed by atoms with Crippen molar-refractivity contribution in [2.45, 2.75) is 303 Å². The lowest BCUT2D eigenvalue weighted by atomic mass is 10.0. The highest BCUT2D eigenvalue weighted by molar-refractivity contribution is 7.47. The Hall–Kier alpha value is -1.94. The zero-order valence-corrected chi connectivity index (χ0v) is 50.9. The molecule has 0 rings (SSSR count). The fourth-order valence-electron chi connectivity index (χ4n) is 8.52. The number of phosphoric acid groups is 2. The lowest BCUT2D eigenvalue weighted by molar-refractivity contribution is -0.161. The van der Waals surface area contributed by atoms with Crippen LogP contribution < -0.4 is 0 Å². The van der Waals surface area contributed by atoms with Crippen LogP contribution >= 0.6 is 15.6 Å². The van der Waals surface area contributed by atoms with Gasteiger partial charge in [-0.2, -0.15) is 0 Å². The molecule has 0 aromatic carbocycles. The molecule has 0 fully saturated rings. The van der Waals surface area contributed by atoms with E-state index in [1.54, 1.807) is 0 Å². The smallest absolute Gasteiger partial charge is 0.462 e. The second-order valence-electron chi connectivity index (χ2n) is 21.5. The van der Waals surface area contributed by atoms with Crippen LogP contribution in [0.4, 0.5) is 0 Å². The van der Waals surface area contributed by atoms with Gasteiger partial charge in [0, 0.05) is 25.7 Å². The Kier molecular flexibility index (Phi) is 50.8. The number of phosphoric ester groups is 2. The Morgan fingerprint density at radius 1 is 0.351 bits per heavy atom. The topological polar surface area (TPSA) is 237 Å². The lowest BCUT2D eigenvalue weighted by Gasteiger charge is -2.21. The molecule has 0 aliphatic carbocycles. The van der Waals surface area contributed by atoms with Crippen molar-refractivity contribution in [1.82, 2.24) is 0 Å². The first-order chi connectivity index (χ1) is 37.0. The van der Waals surface area contributed by atoms with Gasteiger partial charge in [-0.05, 0) is 31.6 Å². The zero-order valence-electron chi connectivity index (χ0n) is 49.1. The summed E-state index contributed by atoms with van der Waals surface area (Å²) < 4.78 is 67.6. The number of aliphatic hydroxyl groups excluding tert-OH is 1. The number of aliphatic hydroxyl groups is 1. The Bertz CT molecular complexity index is 1520. The number of unbranched alkanes of at least 4 members (excludes halogenated alkanes) is 30. The summed E-state index contributed by atoms with van der Waals surface area (Å²) in [7, 11) is -9.87. The molecule has 5 atom stereocenters. The minimum atomic E-state index is -4.94. The summed E-state index contributed by atoms with van der Waals surface area (Å²) in [5, 5.41) is 10.5. The van der Waals surface area contributed by atoms with E-state index in [9.17, 15) is 43.2 Å². The van der Waals surface area contributed by atoms with E-state index in [-0.39, 0.29) is 25.7 Å². The number of hydrogen-bond donors (Lipinski definition) is 3. The number of ether oxygens (including phenoxy) is 4. The van der Waals surface area contributed by atoms with Crippen molar-refractivity contribution in [1.29, 1.82) is 0 Å². The number of rotatable bonds is 58. The Balaban J connectivity index is 5.21. The van der Waals surface area contributed by atoms with Crippen LogP contribution in [0.2, 0.25) is 0 Å². The molecular weight excluding hydrogens is 1030 g/mol. The number of hydrogen-bond acceptors (Lipinski definition) is 15. The van der Waals surface area contributed by atoms with Gasteiger partial charge in [0.2, 0.25) is 0 Å². The molecule has 0 saturated carbocycles. The van der Waals surface area contributed by atoms with E-state index in [1.165, 1.54) is 89.9 Å². The predicted octanol–water partition coefficient (Wildman–Crippen LogP) is 15.5. The summed E-state index contributed by atoms with van der Waals surface area (Å²) in [6.07, 6.45) is 33.6. The molecule has 0 aliphatic rings. The van der Waals surface area contributed by atoms with Gasteiger partial charge >= 0.3 is 39.5 Å². The molecule has 0 saturated heterocycles. The lowest BCUT2D eigenvalue weighted by Crippen LogP contribution is -2.30. The Labute approximate surface area is 467 Å². The van der Waals surface area contributed by atoms with Crippen LogP contribution in [0.3, 0.4) is 0 Å². The maximum atomic E-state index is 12.9. The van der Waals surface area contributed by atoms with E-state index in [1.807, 2.05) is 0 Å². The molecule has 77 heavy (non-hydrogen) atoms. The third-order valence-electron chi connectivity index (χ3n) is 13.3. The van der Waals surface area contributed by atoms with Gasteiger partial charge in [-0.15, -0.1) is 0 Å². The van der Waals surface area contributed by atoms with Gasteiger partial charge in [-0.1, -0.05) is 234 Å². The van der Waals surface area contributed by atoms with Gasteiger partial charge < -0.3 is 33.8 Å². The molecule has 0 bridgehead atoms. The van der Waals surface area contributed by atoms with Crippen LogP contribution in [0.15, 0.2) is 0 Å². The van der Waals surface area contributed by atoms with Crippen molar-refractivity contribution in [2.24, 2.45) is 5.92 Å². The number of carbonyl (C=O) groups excluding carboxylic acids is 4. The maximum Gasteiger partial charge on any atom is 0.472 e. The van der Waals surface area contributed by atoms with Gasteiger partial charge in [-0.25, -0.2) is 9.13 Å². The second-order valence-corrected chi connectivity index (χ2v) is 24.4. The van der Waals surface area contributed by atoms with E-state index < -0.39 is 97.5 Å². The maximum absolute atomic E-state index is 12.9. The molecule has 0 aromatic rings. The van der Waals surface area contributed by atoms with E-state index in [2.05, 4.69) is 34.6 Å². The van der Waals surface area contributed by atoms with E-state index in [0.717, 1.165) is 109 Å². The van der Waals surface area contributed by atoms with E-state index in [0.29, 0.717) is 31.6 Å². The third kappa shape index (κ3) is 53.2. The highest BCUT2D eigenvalue weighted by Gasteiger charge is 2.30. The van der Waals surface area contributed by atoms with Gasteiger partial charge in [0.05, 0.1) is 26.4 Å². The average molecular weight is 1140 g/mol. The first-order valence-electron chi connectivity index (χ1n) is 30.6. The summed E-state index contributed by atoms with van der Waals surface area (Å²) in [6.45, 7) is 7.01. The molecule has 0 heterocycles. The fraction of sp³-hybridized carbons (Fsp3) is 0.931. The van der Waals surface area contributed by atoms with Crippen LogP contribution in [-0.2, 0) is 65.4 Å². The van der Waals surface area contributed by atoms with Crippen molar-refractivity contribution < 1.29 is 80.2 Å². The molecule has 0 aromatic heterocycles. The van der Waals surface area contributed by atoms with Crippen molar-refractivity contribution in [3.8, 4) is 0 Å². The molecule has 456 valence electrons. The van der Waals surface area contributed by atoms with Crippen LogP contribution in [0.1, 0.15) is 285 Å². The fourth-order valence-corrected chi connectivity index (χ4v) is 10.1. The standard InChI is InChI=1S/C58H112O17P2/c1-6-9-12-15-18-21-22-23-24-27-34-39-44-58(63)75-54(48-69-56(61)42-37-32-29-28-30-35-40-51(4)5)50-73-77(66,67)71-46-52(59)45-70-76(64,65)72-49-53(74-57(62)43-38-33-26-20-17-14-11-8-3)47-68-55(60)41-36-31-25-19-16-13-10-7-2/h51-54,59H,6-50H2,1-5H3,(H,64,65)(H,66,67)/t52-,53+,54+/m0/s1. The van der Waals surface area contributed by atoms with Gasteiger partial charge in [0.25, 0.3) is 0 Å². The molecule has 19 heteroatoms. The molecule has 0 radical (unpaired) electrons. The largest absolute Gasteiger partial charge is 0.472 e. The summed E-state index contributed by atoms with van der Waals surface area (Å²) in [5.41, 5.74) is 0.